The highest BCUT2D eigenvalue weighted by Crippen LogP contribution is 2.24. The molecule has 2 fully saturated rings. The predicted octanol–water partition coefficient (Wildman–Crippen LogP) is -5.40. The van der Waals surface area contributed by atoms with Crippen molar-refractivity contribution in [2.24, 2.45) is 0 Å². The summed E-state index contributed by atoms with van der Waals surface area (Å²) in [5.41, 5.74) is 0. The summed E-state index contributed by atoms with van der Waals surface area (Å²) in [7, 11) is 0. The molecule has 0 aromatic heterocycles. The molecule has 23 heavy (non-hydrogen) atoms. The highest BCUT2D eigenvalue weighted by molar-refractivity contribution is 4.91. The fraction of sp³-hybridized carbons (Fsp3) is 1.00. The molecule has 0 aromatic rings. The van der Waals surface area contributed by atoms with Crippen molar-refractivity contribution < 1.29 is 55.1 Å². The minimum Gasteiger partial charge on any atom is -0.394 e. The number of rotatable bonds is 4. The van der Waals surface area contributed by atoms with E-state index in [4.69, 9.17) is 19.3 Å². The summed E-state index contributed by atoms with van der Waals surface area (Å²) in [5, 5.41) is 76.1. The Bertz CT molecular complexity index is 380. The van der Waals surface area contributed by atoms with Crippen LogP contribution >= 0.6 is 0 Å². The fourth-order valence-corrected chi connectivity index (χ4v) is 2.46. The van der Waals surface area contributed by atoms with Crippen LogP contribution in [-0.2, 0) is 14.2 Å². The van der Waals surface area contributed by atoms with E-state index in [0.717, 1.165) is 0 Å². The van der Waals surface area contributed by atoms with E-state index in [1.807, 2.05) is 0 Å². The maximum Gasteiger partial charge on any atom is 0.186 e. The number of hydrogen-bond acceptors (Lipinski definition) is 11. The number of aliphatic hydroxyl groups excluding tert-OH is 8. The smallest absolute Gasteiger partial charge is 0.186 e. The van der Waals surface area contributed by atoms with Crippen LogP contribution in [0.1, 0.15) is 0 Å². The van der Waals surface area contributed by atoms with Crippen LogP contribution in [0.3, 0.4) is 0 Å². The molecule has 136 valence electrons. The molecule has 0 spiro atoms. The Labute approximate surface area is 130 Å². The quantitative estimate of drug-likeness (QED) is 0.243. The van der Waals surface area contributed by atoms with E-state index in [9.17, 15) is 35.7 Å². The zero-order chi connectivity index (χ0) is 17.3. The first-order valence-corrected chi connectivity index (χ1v) is 7.07. The Balaban J connectivity index is 1.94. The molecule has 10 atom stereocenters. The number of ether oxygens (including phenoxy) is 3. The molecule has 2 saturated heterocycles. The average molecular weight is 342 g/mol. The molecule has 8 N–H and O–H groups in total. The Morgan fingerprint density at radius 2 is 1.22 bits per heavy atom. The Morgan fingerprint density at radius 3 is 1.83 bits per heavy atom. The fourth-order valence-electron chi connectivity index (χ4n) is 2.46. The third kappa shape index (κ3) is 3.81. The first kappa shape index (κ1) is 18.9. The summed E-state index contributed by atoms with van der Waals surface area (Å²) in [6.07, 6.45) is -15.3. The van der Waals surface area contributed by atoms with Crippen molar-refractivity contribution in [1.29, 1.82) is 0 Å². The lowest BCUT2D eigenvalue weighted by Gasteiger charge is -2.41. The van der Waals surface area contributed by atoms with Crippen LogP contribution in [0.4, 0.5) is 0 Å². The second-order valence-corrected chi connectivity index (χ2v) is 5.57. The molecular formula is C12H22O11. The van der Waals surface area contributed by atoms with Gasteiger partial charge in [0.2, 0.25) is 0 Å². The van der Waals surface area contributed by atoms with Gasteiger partial charge in [-0.3, -0.25) is 0 Å². The average Bonchev–Trinajstić information content (AvgIpc) is 2.54. The Morgan fingerprint density at radius 1 is 0.652 bits per heavy atom. The lowest BCUT2D eigenvalue weighted by molar-refractivity contribution is -0.325. The van der Waals surface area contributed by atoms with Crippen molar-refractivity contribution in [3.63, 3.8) is 0 Å². The maximum absolute atomic E-state index is 9.78. The molecule has 11 nitrogen and oxygen atoms in total. The normalized spacial score (nSPS) is 51.7. The Kier molecular flexibility index (Phi) is 6.27. The summed E-state index contributed by atoms with van der Waals surface area (Å²) in [5.74, 6) is 0. The van der Waals surface area contributed by atoms with E-state index in [1.165, 1.54) is 0 Å². The van der Waals surface area contributed by atoms with Gasteiger partial charge >= 0.3 is 0 Å². The molecule has 2 aliphatic heterocycles. The van der Waals surface area contributed by atoms with Crippen LogP contribution in [0.2, 0.25) is 0 Å². The van der Waals surface area contributed by atoms with E-state index in [2.05, 4.69) is 0 Å². The van der Waals surface area contributed by atoms with Gasteiger partial charge in [0.25, 0.3) is 0 Å². The minimum absolute atomic E-state index is 0.468. The summed E-state index contributed by atoms with van der Waals surface area (Å²) in [6, 6.07) is 0. The first-order chi connectivity index (χ1) is 10.8. The van der Waals surface area contributed by atoms with Crippen molar-refractivity contribution in [2.75, 3.05) is 13.2 Å². The Hall–Kier alpha value is -0.440. The van der Waals surface area contributed by atoms with Crippen LogP contribution in [-0.4, -0.2) is 115 Å². The number of aliphatic hydroxyl groups is 8. The van der Waals surface area contributed by atoms with Gasteiger partial charge in [-0.2, -0.15) is 0 Å². The molecule has 5 unspecified atom stereocenters. The van der Waals surface area contributed by atoms with Crippen LogP contribution in [0.5, 0.6) is 0 Å². The molecule has 0 aromatic carbocycles. The van der Waals surface area contributed by atoms with Crippen molar-refractivity contribution >= 4 is 0 Å². The highest BCUT2D eigenvalue weighted by atomic mass is 16.7. The molecule has 0 aliphatic carbocycles. The van der Waals surface area contributed by atoms with E-state index in [1.54, 1.807) is 0 Å². The van der Waals surface area contributed by atoms with Crippen LogP contribution in [0.15, 0.2) is 0 Å². The molecular weight excluding hydrogens is 320 g/mol. The second-order valence-electron chi connectivity index (χ2n) is 5.57. The molecule has 2 heterocycles. The van der Waals surface area contributed by atoms with Gasteiger partial charge in [0.15, 0.2) is 12.6 Å². The molecule has 11 heteroatoms. The summed E-state index contributed by atoms with van der Waals surface area (Å²) >= 11 is 0. The highest BCUT2D eigenvalue weighted by Gasteiger charge is 2.46. The van der Waals surface area contributed by atoms with Crippen molar-refractivity contribution in [1.82, 2.24) is 0 Å². The SMILES string of the molecule is OCC1O[C@H](OCC2OC(O)C(O)[C@@H](O)[C@H]2O)C(O)[C@@H](O)[C@H]1O. The van der Waals surface area contributed by atoms with Gasteiger partial charge in [0.05, 0.1) is 13.2 Å². The summed E-state index contributed by atoms with van der Waals surface area (Å²) < 4.78 is 15.1. The molecule has 0 saturated carbocycles. The van der Waals surface area contributed by atoms with Gasteiger partial charge in [-0.15, -0.1) is 0 Å². The molecule has 2 aliphatic rings. The summed E-state index contributed by atoms with van der Waals surface area (Å²) in [6.45, 7) is -1.10. The van der Waals surface area contributed by atoms with Gasteiger partial charge in [0.1, 0.15) is 48.8 Å². The van der Waals surface area contributed by atoms with Gasteiger partial charge in [-0.05, 0) is 0 Å². The zero-order valence-corrected chi connectivity index (χ0v) is 12.0. The van der Waals surface area contributed by atoms with Crippen molar-refractivity contribution in [3.05, 3.63) is 0 Å². The number of hydrogen-bond donors (Lipinski definition) is 8. The maximum atomic E-state index is 9.78. The largest absolute Gasteiger partial charge is 0.394 e. The minimum atomic E-state index is -1.74. The topological polar surface area (TPSA) is 190 Å². The third-order valence-corrected chi connectivity index (χ3v) is 3.96. The van der Waals surface area contributed by atoms with Crippen LogP contribution in [0, 0.1) is 0 Å². The summed E-state index contributed by atoms with van der Waals surface area (Å²) in [4.78, 5) is 0. The molecule has 0 amide bonds. The zero-order valence-electron chi connectivity index (χ0n) is 12.0. The van der Waals surface area contributed by atoms with E-state index < -0.39 is 74.6 Å². The van der Waals surface area contributed by atoms with E-state index in [0.29, 0.717) is 0 Å². The van der Waals surface area contributed by atoms with Crippen molar-refractivity contribution in [2.45, 2.75) is 61.4 Å². The predicted molar refractivity (Wildman–Crippen MR) is 68.6 cm³/mol. The first-order valence-electron chi connectivity index (χ1n) is 7.07. The molecule has 0 bridgehead atoms. The molecule has 0 radical (unpaired) electrons. The van der Waals surface area contributed by atoms with Gasteiger partial charge in [0, 0.05) is 0 Å². The molecule has 2 rings (SSSR count). The van der Waals surface area contributed by atoms with E-state index in [-0.39, 0.29) is 0 Å². The standard InChI is InChI=1S/C12H22O11/c13-1-3-5(14)8(17)10(19)12(23-3)21-2-4-6(15)7(16)9(18)11(20)22-4/h3-20H,1-2H2/t3?,4?,5-,6-,7-,8-,9?,10?,11?,12-/m0/s1. The third-order valence-electron chi connectivity index (χ3n) is 3.96. The monoisotopic (exact) mass is 342 g/mol. The van der Waals surface area contributed by atoms with Crippen LogP contribution in [0.25, 0.3) is 0 Å². The van der Waals surface area contributed by atoms with Gasteiger partial charge in [-0.25, -0.2) is 0 Å². The van der Waals surface area contributed by atoms with Crippen LogP contribution < -0.4 is 0 Å². The van der Waals surface area contributed by atoms with Gasteiger partial charge in [-0.1, -0.05) is 0 Å². The van der Waals surface area contributed by atoms with Gasteiger partial charge < -0.3 is 55.1 Å². The van der Waals surface area contributed by atoms with Crippen molar-refractivity contribution in [3.8, 4) is 0 Å². The lowest BCUT2D eigenvalue weighted by atomic mass is 9.98. The second kappa shape index (κ2) is 7.63. The van der Waals surface area contributed by atoms with E-state index >= 15 is 0 Å². The lowest BCUT2D eigenvalue weighted by Crippen LogP contribution is -2.61.